The average molecular weight is 322 g/mol. The van der Waals surface area contributed by atoms with Crippen LogP contribution in [0.4, 0.5) is 5.69 Å². The zero-order valence-electron chi connectivity index (χ0n) is 11.8. The standard InChI is InChI=1S/C14H12ClN3O4/c1-6-3-4-7(15)5-8(6)18-12(19)9-10(13(18)20)16-17-11(9)14(21)22-2/h3-5,9-10,16H,1-2H3/t9-,10-/m1/s1. The van der Waals surface area contributed by atoms with Crippen molar-refractivity contribution in [1.29, 1.82) is 0 Å². The summed E-state index contributed by atoms with van der Waals surface area (Å²) in [7, 11) is 1.19. The van der Waals surface area contributed by atoms with Gasteiger partial charge in [-0.3, -0.25) is 15.0 Å². The fraction of sp³-hybridized carbons (Fsp3) is 0.286. The Morgan fingerprint density at radius 2 is 2.09 bits per heavy atom. The minimum absolute atomic E-state index is 0.0898. The Balaban J connectivity index is 2.02. The first-order valence-electron chi connectivity index (χ1n) is 6.51. The van der Waals surface area contributed by atoms with Crippen molar-refractivity contribution in [1.82, 2.24) is 5.43 Å². The van der Waals surface area contributed by atoms with E-state index in [1.807, 2.05) is 0 Å². The normalized spacial score (nSPS) is 23.2. The van der Waals surface area contributed by atoms with Crippen LogP contribution in [0.5, 0.6) is 0 Å². The number of esters is 1. The van der Waals surface area contributed by atoms with Gasteiger partial charge in [-0.25, -0.2) is 9.69 Å². The number of hydrogen-bond acceptors (Lipinski definition) is 6. The predicted octanol–water partition coefficient (Wildman–Crippen LogP) is 0.639. The second kappa shape index (κ2) is 5.10. The molecule has 0 unspecified atom stereocenters. The lowest BCUT2D eigenvalue weighted by atomic mass is 9.99. The van der Waals surface area contributed by atoms with Crippen LogP contribution in [0.15, 0.2) is 23.3 Å². The molecule has 1 saturated heterocycles. The molecule has 0 bridgehead atoms. The summed E-state index contributed by atoms with van der Waals surface area (Å²) < 4.78 is 4.60. The molecule has 1 aromatic rings. The number of ether oxygens (including phenoxy) is 1. The van der Waals surface area contributed by atoms with Crippen molar-refractivity contribution in [2.24, 2.45) is 11.0 Å². The van der Waals surface area contributed by atoms with Gasteiger partial charge in [0.2, 0.25) is 5.91 Å². The summed E-state index contributed by atoms with van der Waals surface area (Å²) in [5.41, 5.74) is 3.58. The van der Waals surface area contributed by atoms with Crippen molar-refractivity contribution >= 4 is 40.8 Å². The number of rotatable bonds is 2. The molecule has 2 amide bonds. The number of anilines is 1. The fourth-order valence-electron chi connectivity index (χ4n) is 2.62. The highest BCUT2D eigenvalue weighted by molar-refractivity contribution is 6.46. The number of benzene rings is 1. The number of imide groups is 1. The number of amides is 2. The first-order chi connectivity index (χ1) is 10.5. The maximum Gasteiger partial charge on any atom is 0.355 e. The number of carbonyl (C=O) groups is 3. The van der Waals surface area contributed by atoms with Gasteiger partial charge in [0.05, 0.1) is 12.8 Å². The van der Waals surface area contributed by atoms with E-state index in [2.05, 4.69) is 15.3 Å². The summed E-state index contributed by atoms with van der Waals surface area (Å²) >= 11 is 5.95. The molecule has 1 fully saturated rings. The number of aryl methyl sites for hydroxylation is 1. The first kappa shape index (κ1) is 14.5. The molecule has 0 radical (unpaired) electrons. The summed E-state index contributed by atoms with van der Waals surface area (Å²) in [5.74, 6) is -2.69. The minimum Gasteiger partial charge on any atom is -0.464 e. The van der Waals surface area contributed by atoms with Crippen LogP contribution in [0, 0.1) is 12.8 Å². The van der Waals surface area contributed by atoms with Gasteiger partial charge in [0, 0.05) is 5.02 Å². The quantitative estimate of drug-likeness (QED) is 0.638. The number of nitrogens with zero attached hydrogens (tertiary/aromatic N) is 2. The summed E-state index contributed by atoms with van der Waals surface area (Å²) in [5, 5.41) is 4.17. The fourth-order valence-corrected chi connectivity index (χ4v) is 2.79. The summed E-state index contributed by atoms with van der Waals surface area (Å²) in [6, 6.07) is 4.05. The lowest BCUT2D eigenvalue weighted by molar-refractivity contribution is -0.133. The van der Waals surface area contributed by atoms with Gasteiger partial charge in [0.15, 0.2) is 5.71 Å². The Bertz CT molecular complexity index is 731. The second-order valence-electron chi connectivity index (χ2n) is 5.02. The van der Waals surface area contributed by atoms with Gasteiger partial charge < -0.3 is 4.74 Å². The largest absolute Gasteiger partial charge is 0.464 e. The van der Waals surface area contributed by atoms with E-state index in [1.165, 1.54) is 7.11 Å². The smallest absolute Gasteiger partial charge is 0.355 e. The Morgan fingerprint density at radius 1 is 1.36 bits per heavy atom. The third kappa shape index (κ3) is 1.97. The van der Waals surface area contributed by atoms with Crippen LogP contribution in [-0.4, -0.2) is 36.6 Å². The van der Waals surface area contributed by atoms with Gasteiger partial charge in [-0.15, -0.1) is 0 Å². The van der Waals surface area contributed by atoms with Gasteiger partial charge in [-0.05, 0) is 24.6 Å². The molecule has 2 aliphatic rings. The van der Waals surface area contributed by atoms with Crippen LogP contribution < -0.4 is 10.3 Å². The van der Waals surface area contributed by atoms with Crippen molar-refractivity contribution in [2.75, 3.05) is 12.0 Å². The van der Waals surface area contributed by atoms with Gasteiger partial charge in [-0.1, -0.05) is 17.7 Å². The van der Waals surface area contributed by atoms with E-state index in [-0.39, 0.29) is 5.71 Å². The molecule has 3 rings (SSSR count). The monoisotopic (exact) mass is 321 g/mol. The third-order valence-corrected chi connectivity index (χ3v) is 3.97. The summed E-state index contributed by atoms with van der Waals surface area (Å²) in [4.78, 5) is 37.8. The van der Waals surface area contributed by atoms with Crippen LogP contribution in [0.1, 0.15) is 5.56 Å². The van der Waals surface area contributed by atoms with Crippen molar-refractivity contribution in [3.05, 3.63) is 28.8 Å². The maximum atomic E-state index is 12.6. The van der Waals surface area contributed by atoms with E-state index in [1.54, 1.807) is 25.1 Å². The van der Waals surface area contributed by atoms with Crippen LogP contribution in [-0.2, 0) is 19.1 Å². The van der Waals surface area contributed by atoms with Crippen molar-refractivity contribution in [3.63, 3.8) is 0 Å². The molecule has 1 aromatic carbocycles. The maximum absolute atomic E-state index is 12.6. The highest BCUT2D eigenvalue weighted by Crippen LogP contribution is 2.33. The number of methoxy groups -OCH3 is 1. The van der Waals surface area contributed by atoms with Crippen molar-refractivity contribution in [2.45, 2.75) is 13.0 Å². The van der Waals surface area contributed by atoms with Gasteiger partial charge in [0.1, 0.15) is 12.0 Å². The molecular formula is C14H12ClN3O4. The highest BCUT2D eigenvalue weighted by Gasteiger charge is 2.55. The average Bonchev–Trinajstić information content (AvgIpc) is 3.03. The van der Waals surface area contributed by atoms with Crippen molar-refractivity contribution < 1.29 is 19.1 Å². The number of carbonyl (C=O) groups excluding carboxylic acids is 3. The molecule has 7 nitrogen and oxygen atoms in total. The van der Waals surface area contributed by atoms with Crippen LogP contribution in [0.2, 0.25) is 5.02 Å². The molecule has 2 atom stereocenters. The molecule has 0 spiro atoms. The second-order valence-corrected chi connectivity index (χ2v) is 5.45. The molecule has 0 aromatic heterocycles. The number of hydrazone groups is 1. The third-order valence-electron chi connectivity index (χ3n) is 3.73. The molecule has 0 saturated carbocycles. The van der Waals surface area contributed by atoms with E-state index in [0.717, 1.165) is 10.5 Å². The zero-order chi connectivity index (χ0) is 16.0. The molecule has 2 heterocycles. The van der Waals surface area contributed by atoms with Crippen LogP contribution in [0.25, 0.3) is 0 Å². The molecule has 114 valence electrons. The number of fused-ring (bicyclic) bond motifs is 1. The van der Waals surface area contributed by atoms with Crippen LogP contribution >= 0.6 is 11.6 Å². The topological polar surface area (TPSA) is 88.1 Å². The predicted molar refractivity (Wildman–Crippen MR) is 78.5 cm³/mol. The van der Waals surface area contributed by atoms with E-state index < -0.39 is 29.7 Å². The van der Waals surface area contributed by atoms with Crippen molar-refractivity contribution in [3.8, 4) is 0 Å². The van der Waals surface area contributed by atoms with Gasteiger partial charge in [0.25, 0.3) is 5.91 Å². The molecule has 0 aliphatic carbocycles. The van der Waals surface area contributed by atoms with E-state index in [4.69, 9.17) is 11.6 Å². The SMILES string of the molecule is COC(=O)C1=NN[C@H]2C(=O)N(c3cc(Cl)ccc3C)C(=O)[C@@H]12. The molecular weight excluding hydrogens is 310 g/mol. The first-order valence-corrected chi connectivity index (χ1v) is 6.89. The zero-order valence-corrected chi connectivity index (χ0v) is 12.5. The number of nitrogens with one attached hydrogen (secondary N) is 1. The molecule has 22 heavy (non-hydrogen) atoms. The van der Waals surface area contributed by atoms with E-state index >= 15 is 0 Å². The Morgan fingerprint density at radius 3 is 2.77 bits per heavy atom. The lowest BCUT2D eigenvalue weighted by Gasteiger charge is -2.18. The molecule has 1 N–H and O–H groups in total. The Labute approximate surface area is 130 Å². The highest BCUT2D eigenvalue weighted by atomic mass is 35.5. The molecule has 8 heteroatoms. The minimum atomic E-state index is -0.974. The lowest BCUT2D eigenvalue weighted by Crippen LogP contribution is -2.36. The van der Waals surface area contributed by atoms with E-state index in [0.29, 0.717) is 10.7 Å². The Kier molecular flexibility index (Phi) is 3.37. The Hall–Kier alpha value is -2.41. The van der Waals surface area contributed by atoms with Gasteiger partial charge in [-0.2, -0.15) is 5.10 Å². The van der Waals surface area contributed by atoms with Crippen LogP contribution in [0.3, 0.4) is 0 Å². The van der Waals surface area contributed by atoms with Gasteiger partial charge >= 0.3 is 5.97 Å². The summed E-state index contributed by atoms with van der Waals surface area (Å²) in [6.45, 7) is 1.77. The number of halogens is 1. The van der Waals surface area contributed by atoms with E-state index in [9.17, 15) is 14.4 Å². The summed E-state index contributed by atoms with van der Waals surface area (Å²) in [6.07, 6.45) is 0. The number of hydrogen-bond donors (Lipinski definition) is 1. The molecule has 2 aliphatic heterocycles.